The first kappa shape index (κ1) is 18.4. The first-order chi connectivity index (χ1) is 11.0. The molecule has 1 atom stereocenters. The lowest BCUT2D eigenvalue weighted by atomic mass is 10.1. The molecule has 0 aromatic carbocycles. The van der Waals surface area contributed by atoms with Crippen molar-refractivity contribution in [2.45, 2.75) is 53.1 Å². The first-order valence-corrected chi connectivity index (χ1v) is 9.08. The van der Waals surface area contributed by atoms with E-state index in [9.17, 15) is 5.11 Å². The number of rotatable bonds is 8. The SMILES string of the molecule is CC(C)Cc1cc(CN2CCN(CC(C)C)C(CCO)C2)[nH]n1. The molecule has 1 aliphatic rings. The number of aromatic amines is 1. The quantitative estimate of drug-likeness (QED) is 0.770. The summed E-state index contributed by atoms with van der Waals surface area (Å²) in [6, 6.07) is 2.68. The van der Waals surface area contributed by atoms with Gasteiger partial charge in [-0.25, -0.2) is 0 Å². The van der Waals surface area contributed by atoms with Gasteiger partial charge in [-0.15, -0.1) is 0 Å². The van der Waals surface area contributed by atoms with E-state index >= 15 is 0 Å². The molecule has 1 unspecified atom stereocenters. The third-order valence-electron chi connectivity index (χ3n) is 4.45. The molecule has 0 spiro atoms. The van der Waals surface area contributed by atoms with Crippen molar-refractivity contribution in [2.24, 2.45) is 11.8 Å². The highest BCUT2D eigenvalue weighted by molar-refractivity contribution is 5.09. The van der Waals surface area contributed by atoms with Gasteiger partial charge in [0.2, 0.25) is 0 Å². The Hall–Kier alpha value is -0.910. The predicted octanol–water partition coefficient (Wildman–Crippen LogP) is 2.13. The molecule has 2 N–H and O–H groups in total. The summed E-state index contributed by atoms with van der Waals surface area (Å²) in [5.74, 6) is 1.31. The maximum Gasteiger partial charge on any atom is 0.0628 e. The van der Waals surface area contributed by atoms with Crippen LogP contribution in [0.4, 0.5) is 0 Å². The molecule has 0 aliphatic carbocycles. The molecule has 0 radical (unpaired) electrons. The van der Waals surface area contributed by atoms with Crippen LogP contribution in [-0.4, -0.2) is 63.9 Å². The van der Waals surface area contributed by atoms with E-state index in [0.717, 1.165) is 45.6 Å². The second-order valence-electron chi connectivity index (χ2n) is 7.77. The molecule has 0 bridgehead atoms. The Bertz CT molecular complexity index is 458. The monoisotopic (exact) mass is 322 g/mol. The van der Waals surface area contributed by atoms with Crippen LogP contribution in [0.3, 0.4) is 0 Å². The summed E-state index contributed by atoms with van der Waals surface area (Å²) >= 11 is 0. The maximum absolute atomic E-state index is 9.37. The van der Waals surface area contributed by atoms with Crippen molar-refractivity contribution in [3.8, 4) is 0 Å². The highest BCUT2D eigenvalue weighted by Gasteiger charge is 2.27. The van der Waals surface area contributed by atoms with Crippen molar-refractivity contribution < 1.29 is 5.11 Å². The minimum absolute atomic E-state index is 0.274. The van der Waals surface area contributed by atoms with E-state index in [2.05, 4.69) is 53.8 Å². The number of nitrogens with zero attached hydrogens (tertiary/aromatic N) is 3. The number of piperazine rings is 1. The largest absolute Gasteiger partial charge is 0.396 e. The summed E-state index contributed by atoms with van der Waals surface area (Å²) < 4.78 is 0. The van der Waals surface area contributed by atoms with Gasteiger partial charge in [0.15, 0.2) is 0 Å². The van der Waals surface area contributed by atoms with Crippen LogP contribution in [0.2, 0.25) is 0 Å². The van der Waals surface area contributed by atoms with Crippen molar-refractivity contribution in [1.29, 1.82) is 0 Å². The minimum Gasteiger partial charge on any atom is -0.396 e. The van der Waals surface area contributed by atoms with Gasteiger partial charge in [-0.1, -0.05) is 27.7 Å². The topological polar surface area (TPSA) is 55.4 Å². The van der Waals surface area contributed by atoms with Gasteiger partial charge >= 0.3 is 0 Å². The molecule has 1 aliphatic heterocycles. The van der Waals surface area contributed by atoms with Crippen molar-refractivity contribution in [3.05, 3.63) is 17.5 Å². The third kappa shape index (κ3) is 5.90. The number of aliphatic hydroxyl groups is 1. The molecule has 1 aromatic rings. The first-order valence-electron chi connectivity index (χ1n) is 9.08. The van der Waals surface area contributed by atoms with Crippen molar-refractivity contribution in [1.82, 2.24) is 20.0 Å². The molecule has 1 aromatic heterocycles. The van der Waals surface area contributed by atoms with Crippen LogP contribution in [-0.2, 0) is 13.0 Å². The Labute approximate surface area is 141 Å². The third-order valence-corrected chi connectivity index (χ3v) is 4.45. The Morgan fingerprint density at radius 1 is 1.26 bits per heavy atom. The van der Waals surface area contributed by atoms with Crippen LogP contribution in [0.5, 0.6) is 0 Å². The summed E-state index contributed by atoms with van der Waals surface area (Å²) in [5, 5.41) is 17.0. The molecular weight excluding hydrogens is 288 g/mol. The van der Waals surface area contributed by atoms with Crippen LogP contribution < -0.4 is 0 Å². The fourth-order valence-corrected chi connectivity index (χ4v) is 3.49. The summed E-state index contributed by atoms with van der Waals surface area (Å²) in [7, 11) is 0. The van der Waals surface area contributed by atoms with Gasteiger partial charge in [0, 0.05) is 51.1 Å². The molecule has 1 fully saturated rings. The Balaban J connectivity index is 1.90. The van der Waals surface area contributed by atoms with E-state index in [1.807, 2.05) is 0 Å². The Morgan fingerprint density at radius 3 is 2.70 bits per heavy atom. The average Bonchev–Trinajstić information content (AvgIpc) is 2.88. The number of hydrogen-bond donors (Lipinski definition) is 2. The molecule has 0 saturated carbocycles. The minimum atomic E-state index is 0.274. The normalized spacial score (nSPS) is 20.7. The number of aromatic nitrogens is 2. The zero-order chi connectivity index (χ0) is 16.8. The van der Waals surface area contributed by atoms with Crippen LogP contribution >= 0.6 is 0 Å². The Kier molecular flexibility index (Phi) is 7.06. The number of aliphatic hydroxyl groups excluding tert-OH is 1. The maximum atomic E-state index is 9.37. The summed E-state index contributed by atoms with van der Waals surface area (Å²) in [6.07, 6.45) is 1.90. The predicted molar refractivity (Wildman–Crippen MR) is 94.3 cm³/mol. The number of nitrogens with one attached hydrogen (secondary N) is 1. The molecule has 132 valence electrons. The molecule has 5 nitrogen and oxygen atoms in total. The van der Waals surface area contributed by atoms with Gasteiger partial charge in [0.1, 0.15) is 0 Å². The zero-order valence-corrected chi connectivity index (χ0v) is 15.3. The van der Waals surface area contributed by atoms with Crippen LogP contribution in [0.25, 0.3) is 0 Å². The van der Waals surface area contributed by atoms with Gasteiger partial charge in [-0.3, -0.25) is 14.9 Å². The lowest BCUT2D eigenvalue weighted by Crippen LogP contribution is -2.53. The van der Waals surface area contributed by atoms with E-state index in [1.165, 1.54) is 11.4 Å². The standard InChI is InChI=1S/C18H34N4O/c1-14(2)9-16-10-17(20-19-16)12-21-6-7-22(11-15(3)4)18(13-21)5-8-23/h10,14-15,18,23H,5-9,11-13H2,1-4H3,(H,19,20). The Morgan fingerprint density at radius 2 is 2.04 bits per heavy atom. The lowest BCUT2D eigenvalue weighted by molar-refractivity contribution is 0.0471. The summed E-state index contributed by atoms with van der Waals surface area (Å²) in [5.41, 5.74) is 2.38. The van der Waals surface area contributed by atoms with E-state index < -0.39 is 0 Å². The van der Waals surface area contributed by atoms with E-state index in [4.69, 9.17) is 0 Å². The van der Waals surface area contributed by atoms with Crippen molar-refractivity contribution >= 4 is 0 Å². The summed E-state index contributed by atoms with van der Waals surface area (Å²) in [6.45, 7) is 14.5. The second-order valence-corrected chi connectivity index (χ2v) is 7.77. The van der Waals surface area contributed by atoms with Gasteiger partial charge in [0.25, 0.3) is 0 Å². The molecule has 2 heterocycles. The highest BCUT2D eigenvalue weighted by atomic mass is 16.3. The van der Waals surface area contributed by atoms with E-state index in [-0.39, 0.29) is 6.61 Å². The highest BCUT2D eigenvalue weighted by Crippen LogP contribution is 2.17. The molecular formula is C18H34N4O. The van der Waals surface area contributed by atoms with Gasteiger partial charge in [-0.05, 0) is 30.7 Å². The smallest absolute Gasteiger partial charge is 0.0628 e. The van der Waals surface area contributed by atoms with Crippen molar-refractivity contribution in [2.75, 3.05) is 32.8 Å². The fourth-order valence-electron chi connectivity index (χ4n) is 3.49. The van der Waals surface area contributed by atoms with E-state index in [1.54, 1.807) is 0 Å². The lowest BCUT2D eigenvalue weighted by Gasteiger charge is -2.42. The van der Waals surface area contributed by atoms with Gasteiger partial charge < -0.3 is 5.11 Å². The number of hydrogen-bond acceptors (Lipinski definition) is 4. The fraction of sp³-hybridized carbons (Fsp3) is 0.833. The molecule has 23 heavy (non-hydrogen) atoms. The van der Waals surface area contributed by atoms with E-state index in [0.29, 0.717) is 17.9 Å². The van der Waals surface area contributed by atoms with Gasteiger partial charge in [-0.2, -0.15) is 5.10 Å². The van der Waals surface area contributed by atoms with Crippen LogP contribution in [0, 0.1) is 11.8 Å². The molecule has 5 heteroatoms. The van der Waals surface area contributed by atoms with Gasteiger partial charge in [0.05, 0.1) is 5.69 Å². The van der Waals surface area contributed by atoms with Crippen LogP contribution in [0.15, 0.2) is 6.07 Å². The average molecular weight is 322 g/mol. The van der Waals surface area contributed by atoms with Crippen LogP contribution in [0.1, 0.15) is 45.5 Å². The second kappa shape index (κ2) is 8.81. The number of H-pyrrole nitrogens is 1. The molecule has 1 saturated heterocycles. The summed E-state index contributed by atoms with van der Waals surface area (Å²) in [4.78, 5) is 5.04. The zero-order valence-electron chi connectivity index (χ0n) is 15.3. The molecule has 2 rings (SSSR count). The van der Waals surface area contributed by atoms with Crippen molar-refractivity contribution in [3.63, 3.8) is 0 Å². The molecule has 0 amide bonds.